The third-order valence-corrected chi connectivity index (χ3v) is 4.46. The van der Waals surface area contributed by atoms with E-state index in [0.717, 1.165) is 12.8 Å². The molecule has 1 N–H and O–H groups in total. The minimum Gasteiger partial charge on any atom is -0.387 e. The Hall–Kier alpha value is -2.14. The molecule has 0 aliphatic heterocycles. The Morgan fingerprint density at radius 3 is 2.52 bits per heavy atom. The molecule has 1 fully saturated rings. The Labute approximate surface area is 147 Å². The van der Waals surface area contributed by atoms with E-state index in [1.54, 1.807) is 17.0 Å². The van der Waals surface area contributed by atoms with Crippen LogP contribution in [0.4, 0.5) is 4.39 Å². The predicted octanol–water partition coefficient (Wildman–Crippen LogP) is 3.79. The fraction of sp³-hybridized carbons (Fsp3) is 0.450. The predicted molar refractivity (Wildman–Crippen MR) is 94.8 cm³/mol. The highest BCUT2D eigenvalue weighted by atomic mass is 19.1. The lowest BCUT2D eigenvalue weighted by Gasteiger charge is -2.27. The van der Waals surface area contributed by atoms with E-state index in [2.05, 4.69) is 0 Å². The molecule has 0 radical (unpaired) electrons. The molecule has 3 rings (SSSR count). The first-order valence-electron chi connectivity index (χ1n) is 8.85. The van der Waals surface area contributed by atoms with E-state index < -0.39 is 6.10 Å². The molecule has 1 unspecified atom stereocenters. The van der Waals surface area contributed by atoms with E-state index in [1.165, 1.54) is 12.1 Å². The lowest BCUT2D eigenvalue weighted by molar-refractivity contribution is 0.0584. The molecule has 1 aromatic heterocycles. The second-order valence-corrected chi connectivity index (χ2v) is 7.20. The Balaban J connectivity index is 1.77. The summed E-state index contributed by atoms with van der Waals surface area (Å²) in [5.41, 5.74) is 1.29. The number of amides is 1. The zero-order chi connectivity index (χ0) is 18.0. The Morgan fingerprint density at radius 1 is 1.24 bits per heavy atom. The van der Waals surface area contributed by atoms with Crippen molar-refractivity contribution < 1.29 is 14.3 Å². The first-order valence-corrected chi connectivity index (χ1v) is 8.85. The minimum atomic E-state index is -0.840. The molecule has 1 aliphatic carbocycles. The van der Waals surface area contributed by atoms with E-state index in [0.29, 0.717) is 23.8 Å². The number of carbonyl (C=O) groups is 1. The van der Waals surface area contributed by atoms with Gasteiger partial charge in [-0.15, -0.1) is 0 Å². The van der Waals surface area contributed by atoms with Crippen LogP contribution in [-0.2, 0) is 0 Å². The second kappa shape index (κ2) is 7.40. The first kappa shape index (κ1) is 17.7. The van der Waals surface area contributed by atoms with Gasteiger partial charge < -0.3 is 14.6 Å². The molecule has 4 nitrogen and oxygen atoms in total. The fourth-order valence-electron chi connectivity index (χ4n) is 3.09. The average molecular weight is 344 g/mol. The summed E-state index contributed by atoms with van der Waals surface area (Å²) >= 11 is 0. The largest absolute Gasteiger partial charge is 0.387 e. The van der Waals surface area contributed by atoms with Crippen LogP contribution in [-0.4, -0.2) is 33.6 Å². The van der Waals surface area contributed by atoms with Crippen LogP contribution in [0.2, 0.25) is 0 Å². The summed E-state index contributed by atoms with van der Waals surface area (Å²) in [5.74, 6) is -0.117. The monoisotopic (exact) mass is 344 g/mol. The summed E-state index contributed by atoms with van der Waals surface area (Å²) in [4.78, 5) is 14.8. The maximum absolute atomic E-state index is 13.1. The van der Waals surface area contributed by atoms with Gasteiger partial charge >= 0.3 is 0 Å². The number of nitrogens with zero attached hydrogens (tertiary/aromatic N) is 2. The molecule has 1 amide bonds. The average Bonchev–Trinajstić information content (AvgIpc) is 3.30. The minimum absolute atomic E-state index is 0.0632. The topological polar surface area (TPSA) is 45.5 Å². The van der Waals surface area contributed by atoms with E-state index >= 15 is 0 Å². The van der Waals surface area contributed by atoms with Gasteiger partial charge in [-0.2, -0.15) is 0 Å². The zero-order valence-corrected chi connectivity index (χ0v) is 14.7. The van der Waals surface area contributed by atoms with Gasteiger partial charge in [0.25, 0.3) is 5.91 Å². The van der Waals surface area contributed by atoms with Crippen LogP contribution >= 0.6 is 0 Å². The van der Waals surface area contributed by atoms with E-state index in [4.69, 9.17) is 0 Å². The summed E-state index contributed by atoms with van der Waals surface area (Å²) < 4.78 is 15.1. The molecule has 1 atom stereocenters. The number of aliphatic hydroxyl groups excluding tert-OH is 1. The summed E-state index contributed by atoms with van der Waals surface area (Å²) in [5, 5.41) is 10.5. The Bertz CT molecular complexity index is 720. The molecular weight excluding hydrogens is 319 g/mol. The van der Waals surface area contributed by atoms with Gasteiger partial charge in [-0.05, 0) is 48.6 Å². The second-order valence-electron chi connectivity index (χ2n) is 7.20. The highest BCUT2D eigenvalue weighted by Crippen LogP contribution is 2.36. The van der Waals surface area contributed by atoms with Crippen molar-refractivity contribution >= 4 is 5.91 Å². The van der Waals surface area contributed by atoms with Crippen LogP contribution in [0.25, 0.3) is 0 Å². The number of hydrogen-bond acceptors (Lipinski definition) is 2. The molecule has 5 heteroatoms. The molecule has 1 aromatic carbocycles. The molecule has 1 heterocycles. The quantitative estimate of drug-likeness (QED) is 0.830. The lowest BCUT2D eigenvalue weighted by atomic mass is 10.1. The molecular formula is C20H25FN2O2. The van der Waals surface area contributed by atoms with E-state index in [1.807, 2.05) is 36.7 Å². The summed E-state index contributed by atoms with van der Waals surface area (Å²) in [7, 11) is 0. The van der Waals surface area contributed by atoms with Crippen molar-refractivity contribution in [2.45, 2.75) is 38.8 Å². The van der Waals surface area contributed by atoms with E-state index in [-0.39, 0.29) is 24.2 Å². The van der Waals surface area contributed by atoms with Gasteiger partial charge in [0.05, 0.1) is 12.6 Å². The Morgan fingerprint density at radius 2 is 1.92 bits per heavy atom. The standard InChI is InChI=1S/C20H25FN2O2/c1-14(2)12-22(13-19(24)15-5-7-16(21)8-6-15)20(25)18-4-3-11-23(18)17-9-10-17/h3-8,11,14,17,19,24H,9-10,12-13H2,1-2H3. The summed E-state index contributed by atoms with van der Waals surface area (Å²) in [6.45, 7) is 4.85. The van der Waals surface area contributed by atoms with Gasteiger partial charge in [0.1, 0.15) is 11.5 Å². The highest BCUT2D eigenvalue weighted by Gasteiger charge is 2.29. The van der Waals surface area contributed by atoms with Crippen molar-refractivity contribution in [1.82, 2.24) is 9.47 Å². The molecule has 0 spiro atoms. The van der Waals surface area contributed by atoms with Crippen LogP contribution in [0.15, 0.2) is 42.6 Å². The molecule has 1 aliphatic rings. The van der Waals surface area contributed by atoms with Crippen molar-refractivity contribution in [2.75, 3.05) is 13.1 Å². The first-order chi connectivity index (χ1) is 12.0. The van der Waals surface area contributed by atoms with Gasteiger partial charge in [0.2, 0.25) is 0 Å². The number of carbonyl (C=O) groups excluding carboxylic acids is 1. The fourth-order valence-corrected chi connectivity index (χ4v) is 3.09. The SMILES string of the molecule is CC(C)CN(CC(O)c1ccc(F)cc1)C(=O)c1cccn1C1CC1. The number of halogens is 1. The third kappa shape index (κ3) is 4.28. The zero-order valence-electron chi connectivity index (χ0n) is 14.7. The van der Waals surface area contributed by atoms with Crippen molar-refractivity contribution in [3.05, 3.63) is 59.7 Å². The molecule has 1 saturated carbocycles. The van der Waals surface area contributed by atoms with Gasteiger partial charge in [-0.25, -0.2) is 4.39 Å². The number of hydrogen-bond donors (Lipinski definition) is 1. The van der Waals surface area contributed by atoms with Crippen LogP contribution in [0.1, 0.15) is 54.9 Å². The van der Waals surface area contributed by atoms with Gasteiger partial charge in [-0.1, -0.05) is 26.0 Å². The number of rotatable bonds is 7. The lowest BCUT2D eigenvalue weighted by Crippen LogP contribution is -2.38. The van der Waals surface area contributed by atoms with Gasteiger partial charge in [0.15, 0.2) is 0 Å². The Kier molecular flexibility index (Phi) is 5.23. The molecule has 2 aromatic rings. The van der Waals surface area contributed by atoms with Gasteiger partial charge in [-0.3, -0.25) is 4.79 Å². The van der Waals surface area contributed by atoms with Crippen LogP contribution in [0, 0.1) is 11.7 Å². The van der Waals surface area contributed by atoms with Crippen molar-refractivity contribution in [3.63, 3.8) is 0 Å². The highest BCUT2D eigenvalue weighted by molar-refractivity contribution is 5.93. The summed E-state index contributed by atoms with van der Waals surface area (Å²) in [6.07, 6.45) is 3.33. The van der Waals surface area contributed by atoms with Gasteiger partial charge in [0, 0.05) is 18.8 Å². The maximum atomic E-state index is 13.1. The molecule has 134 valence electrons. The number of aliphatic hydroxyl groups is 1. The van der Waals surface area contributed by atoms with Crippen molar-refractivity contribution in [2.24, 2.45) is 5.92 Å². The maximum Gasteiger partial charge on any atom is 0.270 e. The third-order valence-electron chi connectivity index (χ3n) is 4.46. The molecule has 0 bridgehead atoms. The number of benzene rings is 1. The van der Waals surface area contributed by atoms with Crippen LogP contribution in [0.5, 0.6) is 0 Å². The normalized spacial score (nSPS) is 15.4. The van der Waals surface area contributed by atoms with Crippen molar-refractivity contribution in [1.29, 1.82) is 0 Å². The molecule has 25 heavy (non-hydrogen) atoms. The molecule has 0 saturated heterocycles. The van der Waals surface area contributed by atoms with Crippen molar-refractivity contribution in [3.8, 4) is 0 Å². The number of aromatic nitrogens is 1. The van der Waals surface area contributed by atoms with E-state index in [9.17, 15) is 14.3 Å². The summed E-state index contributed by atoms with van der Waals surface area (Å²) in [6, 6.07) is 9.94. The van der Waals surface area contributed by atoms with Crippen LogP contribution < -0.4 is 0 Å². The van der Waals surface area contributed by atoms with Crippen LogP contribution in [0.3, 0.4) is 0 Å². The smallest absolute Gasteiger partial charge is 0.270 e.